The lowest BCUT2D eigenvalue weighted by Gasteiger charge is -2.30. The van der Waals surface area contributed by atoms with E-state index in [0.717, 1.165) is 27.8 Å². The van der Waals surface area contributed by atoms with E-state index in [9.17, 15) is 14.7 Å². The Balaban J connectivity index is 0.00000241. The van der Waals surface area contributed by atoms with Crippen molar-refractivity contribution in [2.24, 2.45) is 17.1 Å². The Kier molecular flexibility index (Phi) is 10.3. The van der Waals surface area contributed by atoms with Crippen LogP contribution in [0, 0.1) is 11.3 Å². The van der Waals surface area contributed by atoms with Crippen LogP contribution < -0.4 is 11.1 Å². The van der Waals surface area contributed by atoms with E-state index in [1.807, 2.05) is 73.8 Å². The number of benzene rings is 2. The monoisotopic (exact) mass is 542 g/mol. The molecule has 1 aliphatic carbocycles. The van der Waals surface area contributed by atoms with Crippen molar-refractivity contribution < 1.29 is 14.7 Å². The standard InChI is InChI=1S/C28H30N4O3.2ClH/c1-18-13-28(2,12-11-23(18)27(34)35)14-20-5-3-4-6-24(20)25(15-29)26(33)32-22-9-7-19(8-10-22)21-16-30-31-17-21;;/h3-13,16-17,23,25H,14-15,29H2,1-2H3,(H,30,31)(H,32,33)(H,34,35);2*1H. The van der Waals surface area contributed by atoms with E-state index in [1.165, 1.54) is 0 Å². The molecule has 37 heavy (non-hydrogen) atoms. The number of halogens is 2. The molecule has 1 amide bonds. The third-order valence-corrected chi connectivity index (χ3v) is 6.52. The lowest BCUT2D eigenvalue weighted by molar-refractivity contribution is -0.139. The SMILES string of the molecule is CC1=CC(C)(Cc2ccccc2C(CN)C(=O)Nc2ccc(-c3cn[nH]c3)cc2)C=CC1C(=O)O.Cl.Cl. The van der Waals surface area contributed by atoms with E-state index in [0.29, 0.717) is 12.1 Å². The summed E-state index contributed by atoms with van der Waals surface area (Å²) in [5, 5.41) is 19.2. The summed E-state index contributed by atoms with van der Waals surface area (Å²) < 4.78 is 0. The van der Waals surface area contributed by atoms with E-state index < -0.39 is 17.8 Å². The number of amides is 1. The summed E-state index contributed by atoms with van der Waals surface area (Å²) >= 11 is 0. The second-order valence-corrected chi connectivity index (χ2v) is 9.29. The molecule has 9 heteroatoms. The van der Waals surface area contributed by atoms with Crippen molar-refractivity contribution in [3.63, 3.8) is 0 Å². The number of carbonyl (C=O) groups is 2. The van der Waals surface area contributed by atoms with Crippen LogP contribution in [0.4, 0.5) is 5.69 Å². The van der Waals surface area contributed by atoms with E-state index >= 15 is 0 Å². The summed E-state index contributed by atoms with van der Waals surface area (Å²) in [7, 11) is 0. The molecule has 4 rings (SSSR count). The number of rotatable bonds is 8. The zero-order chi connectivity index (χ0) is 25.0. The first-order chi connectivity index (χ1) is 16.8. The van der Waals surface area contributed by atoms with Gasteiger partial charge in [-0.25, -0.2) is 0 Å². The minimum absolute atomic E-state index is 0. The quantitative estimate of drug-likeness (QED) is 0.285. The fourth-order valence-electron chi connectivity index (χ4n) is 4.72. The van der Waals surface area contributed by atoms with Gasteiger partial charge >= 0.3 is 5.97 Å². The van der Waals surface area contributed by atoms with Crippen LogP contribution in [0.2, 0.25) is 0 Å². The first-order valence-corrected chi connectivity index (χ1v) is 11.6. The maximum atomic E-state index is 13.3. The Labute approximate surface area is 229 Å². The van der Waals surface area contributed by atoms with Gasteiger partial charge in [-0.15, -0.1) is 24.8 Å². The number of nitrogens with two attached hydrogens (primary N) is 1. The number of carboxylic acid groups (broad SMARTS) is 1. The van der Waals surface area contributed by atoms with Crippen LogP contribution in [-0.4, -0.2) is 33.7 Å². The van der Waals surface area contributed by atoms with Crippen molar-refractivity contribution in [1.82, 2.24) is 10.2 Å². The summed E-state index contributed by atoms with van der Waals surface area (Å²) in [6.45, 7) is 4.08. The summed E-state index contributed by atoms with van der Waals surface area (Å²) in [5.74, 6) is -2.14. The first kappa shape index (κ1) is 29.8. The molecule has 0 saturated heterocycles. The first-order valence-electron chi connectivity index (χ1n) is 11.6. The second-order valence-electron chi connectivity index (χ2n) is 9.29. The normalized spacial score (nSPS) is 19.1. The summed E-state index contributed by atoms with van der Waals surface area (Å²) in [5.41, 5.74) is 11.1. The van der Waals surface area contributed by atoms with Gasteiger partial charge < -0.3 is 16.2 Å². The van der Waals surface area contributed by atoms with Crippen LogP contribution in [0.15, 0.2) is 84.7 Å². The molecule has 5 N–H and O–H groups in total. The Hall–Kier alpha value is -3.39. The highest BCUT2D eigenvalue weighted by molar-refractivity contribution is 5.96. The molecule has 2 aromatic carbocycles. The van der Waals surface area contributed by atoms with Crippen molar-refractivity contribution >= 4 is 42.4 Å². The minimum Gasteiger partial charge on any atom is -0.481 e. The maximum absolute atomic E-state index is 13.3. The van der Waals surface area contributed by atoms with Gasteiger partial charge in [0, 0.05) is 29.4 Å². The Morgan fingerprint density at radius 1 is 1.14 bits per heavy atom. The number of carbonyl (C=O) groups excluding carboxylic acids is 1. The molecule has 3 atom stereocenters. The highest BCUT2D eigenvalue weighted by Crippen LogP contribution is 2.36. The van der Waals surface area contributed by atoms with E-state index in [-0.39, 0.29) is 42.7 Å². The zero-order valence-corrected chi connectivity index (χ0v) is 22.3. The molecule has 1 heterocycles. The van der Waals surface area contributed by atoms with Gasteiger partial charge in [-0.05, 0) is 42.2 Å². The van der Waals surface area contributed by atoms with Gasteiger partial charge in [0.1, 0.15) is 0 Å². The molecule has 1 aromatic heterocycles. The molecule has 3 unspecified atom stereocenters. The highest BCUT2D eigenvalue weighted by Gasteiger charge is 2.30. The summed E-state index contributed by atoms with van der Waals surface area (Å²) in [4.78, 5) is 24.7. The number of anilines is 1. The third-order valence-electron chi connectivity index (χ3n) is 6.52. The molecule has 7 nitrogen and oxygen atoms in total. The number of aromatic amines is 1. The average Bonchev–Trinajstić information content (AvgIpc) is 3.36. The van der Waals surface area contributed by atoms with Crippen LogP contribution >= 0.6 is 24.8 Å². The largest absolute Gasteiger partial charge is 0.481 e. The molecule has 0 fully saturated rings. The van der Waals surface area contributed by atoms with E-state index in [2.05, 4.69) is 22.4 Å². The van der Waals surface area contributed by atoms with Gasteiger partial charge in [-0.2, -0.15) is 5.10 Å². The van der Waals surface area contributed by atoms with Crippen LogP contribution in [0.1, 0.15) is 30.9 Å². The molecule has 0 saturated carbocycles. The van der Waals surface area contributed by atoms with Gasteiger partial charge in [0.05, 0.1) is 18.0 Å². The predicted octanol–water partition coefficient (Wildman–Crippen LogP) is 5.37. The molecule has 0 radical (unpaired) electrons. The molecule has 0 spiro atoms. The van der Waals surface area contributed by atoms with Gasteiger partial charge in [0.25, 0.3) is 0 Å². The number of nitrogens with zero attached hydrogens (tertiary/aromatic N) is 1. The van der Waals surface area contributed by atoms with Crippen molar-refractivity contribution in [3.05, 3.63) is 95.9 Å². The number of H-pyrrole nitrogens is 1. The fourth-order valence-corrected chi connectivity index (χ4v) is 4.72. The van der Waals surface area contributed by atoms with Crippen molar-refractivity contribution in [1.29, 1.82) is 0 Å². The molecule has 1 aliphatic rings. The number of allylic oxidation sites excluding steroid dienone is 2. The van der Waals surface area contributed by atoms with Crippen molar-refractivity contribution in [2.45, 2.75) is 26.2 Å². The van der Waals surface area contributed by atoms with Crippen molar-refractivity contribution in [2.75, 3.05) is 11.9 Å². The number of aliphatic carboxylic acids is 1. The Bertz CT molecular complexity index is 1270. The number of carboxylic acids is 1. The summed E-state index contributed by atoms with van der Waals surface area (Å²) in [6.07, 6.45) is 9.91. The van der Waals surface area contributed by atoms with Gasteiger partial charge in [-0.3, -0.25) is 14.7 Å². The lowest BCUT2D eigenvalue weighted by Crippen LogP contribution is -2.29. The fraction of sp³-hybridized carbons (Fsp3) is 0.250. The van der Waals surface area contributed by atoms with Crippen molar-refractivity contribution in [3.8, 4) is 11.1 Å². The topological polar surface area (TPSA) is 121 Å². The number of hydrogen-bond donors (Lipinski definition) is 4. The zero-order valence-electron chi connectivity index (χ0n) is 20.7. The third kappa shape index (κ3) is 6.89. The summed E-state index contributed by atoms with van der Waals surface area (Å²) in [6, 6.07) is 15.4. The highest BCUT2D eigenvalue weighted by atomic mass is 35.5. The molecule has 0 bridgehead atoms. The van der Waals surface area contributed by atoms with Gasteiger partial charge in [0.2, 0.25) is 5.91 Å². The maximum Gasteiger partial charge on any atom is 0.314 e. The molecule has 196 valence electrons. The Morgan fingerprint density at radius 3 is 2.43 bits per heavy atom. The van der Waals surface area contributed by atoms with E-state index in [1.54, 1.807) is 12.3 Å². The lowest BCUT2D eigenvalue weighted by atomic mass is 9.74. The number of aromatic nitrogens is 2. The van der Waals surface area contributed by atoms with Gasteiger partial charge in [0.15, 0.2) is 0 Å². The molecule has 3 aromatic rings. The second kappa shape index (κ2) is 12.7. The minimum atomic E-state index is -0.852. The van der Waals surface area contributed by atoms with Crippen LogP contribution in [0.25, 0.3) is 11.1 Å². The smallest absolute Gasteiger partial charge is 0.314 e. The van der Waals surface area contributed by atoms with Crippen LogP contribution in [-0.2, 0) is 16.0 Å². The van der Waals surface area contributed by atoms with Gasteiger partial charge in [-0.1, -0.05) is 67.1 Å². The average molecular weight is 543 g/mol. The number of hydrogen-bond acceptors (Lipinski definition) is 4. The van der Waals surface area contributed by atoms with Crippen LogP contribution in [0.5, 0.6) is 0 Å². The predicted molar refractivity (Wildman–Crippen MR) is 151 cm³/mol. The van der Waals surface area contributed by atoms with E-state index in [4.69, 9.17) is 5.73 Å². The number of nitrogens with one attached hydrogen (secondary N) is 2. The molecule has 0 aliphatic heterocycles. The molecular formula is C28H32Cl2N4O3. The van der Waals surface area contributed by atoms with Crippen LogP contribution in [0.3, 0.4) is 0 Å². The Morgan fingerprint density at radius 2 is 1.84 bits per heavy atom. The molecular weight excluding hydrogens is 511 g/mol.